The molecule has 1 aliphatic rings. The van der Waals surface area contributed by atoms with Gasteiger partial charge < -0.3 is 25.4 Å². The summed E-state index contributed by atoms with van der Waals surface area (Å²) in [6, 6.07) is 7.98. The van der Waals surface area contributed by atoms with E-state index in [2.05, 4.69) is 10.6 Å². The van der Waals surface area contributed by atoms with Crippen molar-refractivity contribution in [1.82, 2.24) is 10.6 Å². The van der Waals surface area contributed by atoms with Crippen LogP contribution < -0.4 is 20.3 Å². The summed E-state index contributed by atoms with van der Waals surface area (Å²) < 4.78 is 19.3. The van der Waals surface area contributed by atoms with Crippen LogP contribution in [0.25, 0.3) is 0 Å². The van der Waals surface area contributed by atoms with Crippen molar-refractivity contribution in [3.05, 3.63) is 58.9 Å². The summed E-state index contributed by atoms with van der Waals surface area (Å²) in [4.78, 5) is 38.8. The van der Waals surface area contributed by atoms with Gasteiger partial charge in [-0.1, -0.05) is 29.8 Å². The first-order chi connectivity index (χ1) is 15.2. The van der Waals surface area contributed by atoms with E-state index in [-0.39, 0.29) is 24.8 Å². The molecule has 170 valence electrons. The number of nitrogens with one attached hydrogen (secondary N) is 2. The van der Waals surface area contributed by atoms with E-state index in [4.69, 9.17) is 16.3 Å². The summed E-state index contributed by atoms with van der Waals surface area (Å²) in [6.07, 6.45) is -1.41. The smallest absolute Gasteiger partial charge is 0.405 e. The monoisotopic (exact) mass is 463 g/mol. The van der Waals surface area contributed by atoms with Crippen molar-refractivity contribution in [3.8, 4) is 5.75 Å². The van der Waals surface area contributed by atoms with Crippen molar-refractivity contribution in [2.45, 2.75) is 38.4 Å². The number of nitrogens with zero attached hydrogens (tertiary/aromatic N) is 1. The number of hydrogen-bond donors (Lipinski definition) is 3. The molecule has 2 aromatic carbocycles. The lowest BCUT2D eigenvalue weighted by Gasteiger charge is -2.29. The number of carbonyl (C=O) groups excluding carboxylic acids is 2. The molecule has 2 aromatic rings. The minimum absolute atomic E-state index is 0.0150. The van der Waals surface area contributed by atoms with Gasteiger partial charge in [0.15, 0.2) is 0 Å². The van der Waals surface area contributed by atoms with E-state index < -0.39 is 35.8 Å². The molecule has 0 fully saturated rings. The number of fused-ring (bicyclic) bond motifs is 1. The van der Waals surface area contributed by atoms with Crippen LogP contribution in [0, 0.1) is 5.82 Å². The normalized spacial score (nSPS) is 16.6. The molecule has 8 nitrogen and oxygen atoms in total. The SMILES string of the molecule is CC(C)N1C(=O)C(NC(=O)[C@@H](Cc2ccccc2Cl)NC(=O)O)COc2cc(F)ccc21. The molecule has 0 radical (unpaired) electrons. The maximum Gasteiger partial charge on any atom is 0.405 e. The van der Waals surface area contributed by atoms with Crippen LogP contribution in [0.5, 0.6) is 5.75 Å². The molecule has 0 aliphatic carbocycles. The van der Waals surface area contributed by atoms with Gasteiger partial charge in [0.05, 0.1) is 5.69 Å². The molecular formula is C22H23ClFN3O5. The molecule has 32 heavy (non-hydrogen) atoms. The number of anilines is 1. The van der Waals surface area contributed by atoms with E-state index in [9.17, 15) is 23.9 Å². The van der Waals surface area contributed by atoms with Crippen LogP contribution in [0.15, 0.2) is 42.5 Å². The third-order valence-corrected chi connectivity index (χ3v) is 5.32. The van der Waals surface area contributed by atoms with Crippen LogP contribution in [0.2, 0.25) is 5.02 Å². The first-order valence-corrected chi connectivity index (χ1v) is 10.3. The molecular weight excluding hydrogens is 441 g/mol. The predicted molar refractivity (Wildman–Crippen MR) is 117 cm³/mol. The van der Waals surface area contributed by atoms with Crippen molar-refractivity contribution in [3.63, 3.8) is 0 Å². The Labute approximate surface area is 189 Å². The van der Waals surface area contributed by atoms with Crippen molar-refractivity contribution in [2.24, 2.45) is 0 Å². The lowest BCUT2D eigenvalue weighted by molar-refractivity contribution is -0.129. The van der Waals surface area contributed by atoms with Gasteiger partial charge in [-0.15, -0.1) is 0 Å². The highest BCUT2D eigenvalue weighted by atomic mass is 35.5. The minimum atomic E-state index is -1.40. The van der Waals surface area contributed by atoms with Crippen LogP contribution in [0.3, 0.4) is 0 Å². The van der Waals surface area contributed by atoms with E-state index in [1.165, 1.54) is 23.1 Å². The maximum absolute atomic E-state index is 13.7. The molecule has 1 aliphatic heterocycles. The van der Waals surface area contributed by atoms with Crippen LogP contribution in [-0.2, 0) is 16.0 Å². The third-order valence-electron chi connectivity index (χ3n) is 4.95. The Kier molecular flexibility index (Phi) is 7.19. The number of carboxylic acid groups (broad SMARTS) is 1. The number of rotatable bonds is 6. The Morgan fingerprint density at radius 2 is 2.00 bits per heavy atom. The fourth-order valence-corrected chi connectivity index (χ4v) is 3.70. The second-order valence-corrected chi connectivity index (χ2v) is 7.99. The third kappa shape index (κ3) is 5.28. The van der Waals surface area contributed by atoms with Crippen molar-refractivity contribution in [1.29, 1.82) is 0 Å². The van der Waals surface area contributed by atoms with Crippen LogP contribution >= 0.6 is 11.6 Å². The van der Waals surface area contributed by atoms with Gasteiger partial charge >= 0.3 is 6.09 Å². The standard InChI is InChI=1S/C22H23ClFN3O5/c1-12(2)27-18-8-7-14(24)10-19(18)32-11-17(21(27)29)25-20(28)16(26-22(30)31)9-13-5-3-4-6-15(13)23/h3-8,10,12,16-17,26H,9,11H2,1-2H3,(H,25,28)(H,30,31)/t16-,17?/m1/s1. The quantitative estimate of drug-likeness (QED) is 0.610. The highest BCUT2D eigenvalue weighted by Crippen LogP contribution is 2.33. The van der Waals surface area contributed by atoms with Gasteiger partial charge in [0.25, 0.3) is 5.91 Å². The summed E-state index contributed by atoms with van der Waals surface area (Å²) in [5, 5.41) is 14.3. The van der Waals surface area contributed by atoms with E-state index in [0.717, 1.165) is 0 Å². The minimum Gasteiger partial charge on any atom is -0.489 e. The van der Waals surface area contributed by atoms with Crippen molar-refractivity contribution < 1.29 is 28.6 Å². The molecule has 1 unspecified atom stereocenters. The number of carbonyl (C=O) groups is 3. The van der Waals surface area contributed by atoms with Gasteiger partial charge in [-0.25, -0.2) is 9.18 Å². The molecule has 3 amide bonds. The highest BCUT2D eigenvalue weighted by Gasteiger charge is 2.35. The number of ether oxygens (including phenoxy) is 1. The maximum atomic E-state index is 13.7. The molecule has 2 atom stereocenters. The number of hydrogen-bond acceptors (Lipinski definition) is 4. The second kappa shape index (κ2) is 9.86. The fourth-order valence-electron chi connectivity index (χ4n) is 3.48. The summed E-state index contributed by atoms with van der Waals surface area (Å²) in [5.74, 6) is -1.51. The average molecular weight is 464 g/mol. The van der Waals surface area contributed by atoms with Gasteiger partial charge in [0, 0.05) is 23.6 Å². The molecule has 1 heterocycles. The highest BCUT2D eigenvalue weighted by molar-refractivity contribution is 6.31. The van der Waals surface area contributed by atoms with Gasteiger partial charge in [-0.2, -0.15) is 0 Å². The Hall–Kier alpha value is -3.33. The summed E-state index contributed by atoms with van der Waals surface area (Å²) in [5.41, 5.74) is 0.956. The zero-order chi connectivity index (χ0) is 23.4. The summed E-state index contributed by atoms with van der Waals surface area (Å²) in [7, 11) is 0. The molecule has 0 spiro atoms. The second-order valence-electron chi connectivity index (χ2n) is 7.58. The Morgan fingerprint density at radius 1 is 1.28 bits per heavy atom. The lowest BCUT2D eigenvalue weighted by Crippen LogP contribution is -2.57. The van der Waals surface area contributed by atoms with Crippen LogP contribution in [0.1, 0.15) is 19.4 Å². The number of amides is 3. The molecule has 0 bridgehead atoms. The van der Waals surface area contributed by atoms with Gasteiger partial charge in [-0.3, -0.25) is 9.59 Å². The van der Waals surface area contributed by atoms with Gasteiger partial charge in [-0.05, 0) is 37.6 Å². The van der Waals surface area contributed by atoms with Gasteiger partial charge in [0.1, 0.15) is 30.3 Å². The molecule has 0 aromatic heterocycles. The Balaban J connectivity index is 1.83. The van der Waals surface area contributed by atoms with Crippen LogP contribution in [0.4, 0.5) is 14.9 Å². The summed E-state index contributed by atoms with van der Waals surface area (Å²) in [6.45, 7) is 3.32. The number of halogens is 2. The average Bonchev–Trinajstić information content (AvgIpc) is 2.85. The lowest BCUT2D eigenvalue weighted by atomic mass is 10.0. The largest absolute Gasteiger partial charge is 0.489 e. The Morgan fingerprint density at radius 3 is 2.66 bits per heavy atom. The predicted octanol–water partition coefficient (Wildman–Crippen LogP) is 2.98. The van der Waals surface area contributed by atoms with E-state index in [1.54, 1.807) is 38.1 Å². The molecule has 0 saturated carbocycles. The first-order valence-electron chi connectivity index (χ1n) is 9.96. The molecule has 3 rings (SSSR count). The van der Waals surface area contributed by atoms with E-state index in [1.807, 2.05) is 0 Å². The van der Waals surface area contributed by atoms with Crippen LogP contribution in [-0.4, -0.2) is 47.7 Å². The summed E-state index contributed by atoms with van der Waals surface area (Å²) >= 11 is 6.15. The molecule has 3 N–H and O–H groups in total. The zero-order valence-electron chi connectivity index (χ0n) is 17.5. The van der Waals surface area contributed by atoms with E-state index in [0.29, 0.717) is 16.3 Å². The zero-order valence-corrected chi connectivity index (χ0v) is 18.2. The molecule has 10 heteroatoms. The topological polar surface area (TPSA) is 108 Å². The van der Waals surface area contributed by atoms with Gasteiger partial charge in [0.2, 0.25) is 5.91 Å². The van der Waals surface area contributed by atoms with Crippen molar-refractivity contribution >= 4 is 35.2 Å². The first kappa shape index (κ1) is 23.3. The van der Waals surface area contributed by atoms with Crippen molar-refractivity contribution in [2.75, 3.05) is 11.5 Å². The fraction of sp³-hybridized carbons (Fsp3) is 0.318. The Bertz CT molecular complexity index is 1030. The number of benzene rings is 2. The van der Waals surface area contributed by atoms with E-state index >= 15 is 0 Å². The molecule has 0 saturated heterocycles.